The number of nitrogens with one attached hydrogen (secondary N) is 1. The van der Waals surface area contributed by atoms with Gasteiger partial charge in [0.25, 0.3) is 0 Å². The lowest BCUT2D eigenvalue weighted by Crippen LogP contribution is -2.65. The van der Waals surface area contributed by atoms with E-state index in [0.717, 1.165) is 51.4 Å². The lowest BCUT2D eigenvalue weighted by atomic mass is 9.97. The quantitative estimate of drug-likeness (QED) is 0.0501. The summed E-state index contributed by atoms with van der Waals surface area (Å²) in [6.45, 7) is 2.75. The molecule has 0 bridgehead atoms. The van der Waals surface area contributed by atoms with Crippen molar-refractivity contribution in [1.29, 1.82) is 0 Å². The van der Waals surface area contributed by atoms with Gasteiger partial charge in [-0.15, -0.1) is 0 Å². The van der Waals surface area contributed by atoms with Crippen molar-refractivity contribution >= 4 is 5.91 Å². The van der Waals surface area contributed by atoms with Crippen LogP contribution >= 0.6 is 0 Å². The van der Waals surface area contributed by atoms with Gasteiger partial charge in [0.15, 0.2) is 12.6 Å². The molecular weight excluding hydrogens is 678 g/mol. The van der Waals surface area contributed by atoms with Gasteiger partial charge in [-0.3, -0.25) is 4.79 Å². The first-order chi connectivity index (χ1) is 25.1. The summed E-state index contributed by atoms with van der Waals surface area (Å²) < 4.78 is 22.5. The molecule has 1 amide bonds. The van der Waals surface area contributed by atoms with Crippen LogP contribution in [0.3, 0.4) is 0 Å². The molecule has 0 aromatic heterocycles. The first kappa shape index (κ1) is 47.1. The molecule has 2 heterocycles. The zero-order chi connectivity index (χ0) is 38.3. The van der Waals surface area contributed by atoms with Crippen LogP contribution in [0, 0.1) is 0 Å². The van der Waals surface area contributed by atoms with Gasteiger partial charge in [-0.2, -0.15) is 0 Å². The molecule has 0 spiro atoms. The van der Waals surface area contributed by atoms with E-state index in [-0.39, 0.29) is 12.5 Å². The molecule has 0 radical (unpaired) electrons. The summed E-state index contributed by atoms with van der Waals surface area (Å²) in [5.74, 6) is -0.216. The highest BCUT2D eigenvalue weighted by molar-refractivity contribution is 5.76. The molecule has 0 aliphatic carbocycles. The SMILES string of the molecule is CCCCCCCCCCCCCC(O)C(COC1OC(CO)C(OC2OC(CO)C(O)C(O)C2O)C(O)C1O)NC(=O)CCCCCCCCC. The van der Waals surface area contributed by atoms with E-state index in [0.29, 0.717) is 12.8 Å². The van der Waals surface area contributed by atoms with Gasteiger partial charge in [-0.05, 0) is 12.8 Å². The van der Waals surface area contributed by atoms with Crippen LogP contribution in [0.25, 0.3) is 0 Å². The molecule has 2 aliphatic rings. The summed E-state index contributed by atoms with van der Waals surface area (Å²) >= 11 is 0. The minimum Gasteiger partial charge on any atom is -0.394 e. The van der Waals surface area contributed by atoms with E-state index in [1.54, 1.807) is 0 Å². The maximum Gasteiger partial charge on any atom is 0.220 e. The molecule has 0 aromatic rings. The smallest absolute Gasteiger partial charge is 0.220 e. The molecule has 2 rings (SSSR count). The lowest BCUT2D eigenvalue weighted by Gasteiger charge is -2.46. The number of amides is 1. The molecule has 0 saturated carbocycles. The Kier molecular flexibility index (Phi) is 25.0. The van der Waals surface area contributed by atoms with E-state index in [9.17, 15) is 45.6 Å². The zero-order valence-corrected chi connectivity index (χ0v) is 31.8. The molecule has 2 aliphatic heterocycles. The average molecular weight is 752 g/mol. The molecule has 2 fully saturated rings. The summed E-state index contributed by atoms with van der Waals surface area (Å²) in [6, 6.07) is -0.816. The van der Waals surface area contributed by atoms with Gasteiger partial charge >= 0.3 is 0 Å². The minimum absolute atomic E-state index is 0.216. The topological polar surface area (TPSA) is 228 Å². The van der Waals surface area contributed by atoms with E-state index in [4.69, 9.17) is 18.9 Å². The maximum absolute atomic E-state index is 12.9. The third-order valence-corrected chi connectivity index (χ3v) is 10.3. The Morgan fingerprint density at radius 3 is 1.63 bits per heavy atom. The van der Waals surface area contributed by atoms with Gasteiger partial charge in [0, 0.05) is 6.42 Å². The number of hydrogen-bond acceptors (Lipinski definition) is 13. The molecule has 308 valence electrons. The van der Waals surface area contributed by atoms with Gasteiger partial charge in [0.2, 0.25) is 5.91 Å². The van der Waals surface area contributed by atoms with E-state index in [1.807, 2.05) is 0 Å². The molecule has 14 heteroatoms. The standard InChI is InChI=1S/C38H73NO13/c1-3-5-7-9-11-12-13-14-16-17-19-21-27(42)26(39-30(43)22-20-18-15-10-8-6-4-2)25-49-37-35(48)33(46)36(29(24-41)51-37)52-38-34(47)32(45)31(44)28(23-40)50-38/h26-29,31-38,40-42,44-48H,3-25H2,1-2H3,(H,39,43). The molecule has 12 unspecified atom stereocenters. The molecule has 9 N–H and O–H groups in total. The molecule has 52 heavy (non-hydrogen) atoms. The van der Waals surface area contributed by atoms with Crippen molar-refractivity contribution in [3.8, 4) is 0 Å². The van der Waals surface area contributed by atoms with Crippen LogP contribution in [0.4, 0.5) is 0 Å². The fourth-order valence-corrected chi connectivity index (χ4v) is 6.88. The van der Waals surface area contributed by atoms with Crippen LogP contribution in [0.2, 0.25) is 0 Å². The van der Waals surface area contributed by atoms with Crippen LogP contribution < -0.4 is 5.32 Å². The highest BCUT2D eigenvalue weighted by atomic mass is 16.7. The van der Waals surface area contributed by atoms with E-state index in [2.05, 4.69) is 19.2 Å². The second-order valence-electron chi connectivity index (χ2n) is 14.8. The van der Waals surface area contributed by atoms with Gasteiger partial charge in [-0.1, -0.05) is 123 Å². The van der Waals surface area contributed by atoms with Crippen LogP contribution in [0.15, 0.2) is 0 Å². The maximum atomic E-state index is 12.9. The van der Waals surface area contributed by atoms with Gasteiger partial charge in [0.05, 0.1) is 32.0 Å². The predicted molar refractivity (Wildman–Crippen MR) is 194 cm³/mol. The number of unbranched alkanes of at least 4 members (excludes halogenated alkanes) is 16. The lowest BCUT2D eigenvalue weighted by molar-refractivity contribution is -0.359. The Morgan fingerprint density at radius 2 is 1.10 bits per heavy atom. The van der Waals surface area contributed by atoms with Crippen molar-refractivity contribution in [1.82, 2.24) is 5.32 Å². The Balaban J connectivity index is 1.93. The number of aliphatic hydroxyl groups excluding tert-OH is 8. The fourth-order valence-electron chi connectivity index (χ4n) is 6.88. The van der Waals surface area contributed by atoms with Gasteiger partial charge in [-0.25, -0.2) is 0 Å². The number of rotatable bonds is 29. The third-order valence-electron chi connectivity index (χ3n) is 10.3. The Labute approximate surface area is 311 Å². The van der Waals surface area contributed by atoms with Crippen molar-refractivity contribution in [2.45, 2.75) is 216 Å². The number of carbonyl (C=O) groups is 1. The second-order valence-corrected chi connectivity index (χ2v) is 14.8. The summed E-state index contributed by atoms with van der Waals surface area (Å²) in [7, 11) is 0. The van der Waals surface area contributed by atoms with Crippen molar-refractivity contribution in [2.75, 3.05) is 19.8 Å². The second kappa shape index (κ2) is 27.6. The van der Waals surface area contributed by atoms with E-state index < -0.39 is 86.8 Å². The molecule has 12 atom stereocenters. The molecule has 0 aromatic carbocycles. The van der Waals surface area contributed by atoms with Crippen molar-refractivity contribution < 1.29 is 64.6 Å². The van der Waals surface area contributed by atoms with Crippen LogP contribution in [0.1, 0.15) is 142 Å². The Morgan fingerprint density at radius 1 is 0.615 bits per heavy atom. The molecule has 14 nitrogen and oxygen atoms in total. The van der Waals surface area contributed by atoms with E-state index in [1.165, 1.54) is 64.2 Å². The first-order valence-corrected chi connectivity index (χ1v) is 20.3. The Hall–Kier alpha value is -1.01. The molecular formula is C38H73NO13. The summed E-state index contributed by atoms with van der Waals surface area (Å²) in [4.78, 5) is 12.9. The largest absolute Gasteiger partial charge is 0.394 e. The Bertz CT molecular complexity index is 899. The predicted octanol–water partition coefficient (Wildman–Crippen LogP) is 2.31. The number of aliphatic hydroxyl groups is 8. The van der Waals surface area contributed by atoms with E-state index >= 15 is 0 Å². The first-order valence-electron chi connectivity index (χ1n) is 20.3. The fraction of sp³-hybridized carbons (Fsp3) is 0.974. The monoisotopic (exact) mass is 752 g/mol. The number of carbonyl (C=O) groups excluding carboxylic acids is 1. The van der Waals surface area contributed by atoms with Gasteiger partial charge < -0.3 is 65.1 Å². The zero-order valence-electron chi connectivity index (χ0n) is 31.8. The number of hydrogen-bond donors (Lipinski definition) is 9. The highest BCUT2D eigenvalue weighted by Crippen LogP contribution is 2.30. The van der Waals surface area contributed by atoms with Crippen molar-refractivity contribution in [2.24, 2.45) is 0 Å². The normalized spacial score (nSPS) is 30.7. The van der Waals surface area contributed by atoms with Crippen molar-refractivity contribution in [3.63, 3.8) is 0 Å². The summed E-state index contributed by atoms with van der Waals surface area (Å²) in [5.41, 5.74) is 0. The third kappa shape index (κ3) is 16.8. The van der Waals surface area contributed by atoms with Crippen LogP contribution in [-0.2, 0) is 23.7 Å². The highest BCUT2D eigenvalue weighted by Gasteiger charge is 2.50. The van der Waals surface area contributed by atoms with Crippen molar-refractivity contribution in [3.05, 3.63) is 0 Å². The summed E-state index contributed by atoms with van der Waals surface area (Å²) in [6.07, 6.45) is 4.37. The van der Waals surface area contributed by atoms with Crippen LogP contribution in [0.5, 0.6) is 0 Å². The number of ether oxygens (including phenoxy) is 4. The molecule has 2 saturated heterocycles. The average Bonchev–Trinajstić information content (AvgIpc) is 3.14. The van der Waals surface area contributed by atoms with Gasteiger partial charge in [0.1, 0.15) is 48.8 Å². The minimum atomic E-state index is -1.78. The van der Waals surface area contributed by atoms with Crippen LogP contribution in [-0.4, -0.2) is 140 Å². The summed E-state index contributed by atoms with van der Waals surface area (Å²) in [5, 5.41) is 86.1.